The number of anilines is 2. The van der Waals surface area contributed by atoms with Crippen LogP contribution in [0.1, 0.15) is 21.5 Å². The topological polar surface area (TPSA) is 72.4 Å². The highest BCUT2D eigenvalue weighted by Crippen LogP contribution is 2.34. The number of amides is 1. The number of carbonyl (C=O) groups excluding carboxylic acids is 1. The van der Waals surface area contributed by atoms with Gasteiger partial charge in [0.15, 0.2) is 0 Å². The molecule has 0 atom stereocenters. The molecule has 0 aromatic heterocycles. The lowest BCUT2D eigenvalue weighted by atomic mass is 10.1. The number of nitrogen functional groups attached to an aromatic ring is 1. The van der Waals surface area contributed by atoms with E-state index in [1.807, 2.05) is 30.3 Å². The second-order valence-corrected chi connectivity index (χ2v) is 5.29. The molecule has 4 nitrogen and oxygen atoms in total. The van der Waals surface area contributed by atoms with Crippen molar-refractivity contribution in [3.63, 3.8) is 0 Å². The van der Waals surface area contributed by atoms with Crippen molar-refractivity contribution in [3.8, 4) is 0 Å². The SMILES string of the molecule is NC(=O)c1c(Cl)cccc1N1Cc2ccc(N)cc2C1. The van der Waals surface area contributed by atoms with Crippen molar-refractivity contribution in [1.29, 1.82) is 0 Å². The van der Waals surface area contributed by atoms with Gasteiger partial charge in [-0.15, -0.1) is 0 Å². The summed E-state index contributed by atoms with van der Waals surface area (Å²) in [5.41, 5.74) is 15.5. The van der Waals surface area contributed by atoms with Crippen LogP contribution in [0.25, 0.3) is 0 Å². The van der Waals surface area contributed by atoms with Crippen LogP contribution in [-0.4, -0.2) is 5.91 Å². The fourth-order valence-electron chi connectivity index (χ4n) is 2.60. The van der Waals surface area contributed by atoms with Gasteiger partial charge in [0, 0.05) is 18.8 Å². The van der Waals surface area contributed by atoms with E-state index in [9.17, 15) is 4.79 Å². The average molecular weight is 288 g/mol. The van der Waals surface area contributed by atoms with Crippen molar-refractivity contribution in [3.05, 3.63) is 58.1 Å². The van der Waals surface area contributed by atoms with Gasteiger partial charge < -0.3 is 16.4 Å². The standard InChI is InChI=1S/C15H14ClN3O/c16-12-2-1-3-13(14(12)15(18)20)19-7-9-4-5-11(17)6-10(9)8-19/h1-6H,7-8,17H2,(H2,18,20). The first kappa shape index (κ1) is 12.8. The second-order valence-electron chi connectivity index (χ2n) is 4.88. The van der Waals surface area contributed by atoms with Crippen LogP contribution in [0.4, 0.5) is 11.4 Å². The molecule has 1 amide bonds. The quantitative estimate of drug-likeness (QED) is 0.834. The lowest BCUT2D eigenvalue weighted by Gasteiger charge is -2.21. The van der Waals surface area contributed by atoms with Gasteiger partial charge in [-0.25, -0.2) is 0 Å². The highest BCUT2D eigenvalue weighted by Gasteiger charge is 2.24. The van der Waals surface area contributed by atoms with Crippen LogP contribution in [0.15, 0.2) is 36.4 Å². The predicted molar refractivity (Wildman–Crippen MR) is 80.7 cm³/mol. The smallest absolute Gasteiger partial charge is 0.252 e. The van der Waals surface area contributed by atoms with Gasteiger partial charge in [-0.3, -0.25) is 4.79 Å². The summed E-state index contributed by atoms with van der Waals surface area (Å²) in [6, 6.07) is 11.2. The Bertz CT molecular complexity index is 700. The van der Waals surface area contributed by atoms with Crippen LogP contribution in [-0.2, 0) is 13.1 Å². The van der Waals surface area contributed by atoms with Gasteiger partial charge in [0.2, 0.25) is 0 Å². The van der Waals surface area contributed by atoms with Crippen molar-refractivity contribution in [2.45, 2.75) is 13.1 Å². The molecule has 0 unspecified atom stereocenters. The zero-order chi connectivity index (χ0) is 14.3. The Kier molecular flexibility index (Phi) is 3.03. The van der Waals surface area contributed by atoms with E-state index in [0.717, 1.165) is 17.9 Å². The number of benzene rings is 2. The maximum Gasteiger partial charge on any atom is 0.252 e. The maximum absolute atomic E-state index is 11.6. The molecule has 102 valence electrons. The van der Waals surface area contributed by atoms with Crippen LogP contribution in [0.3, 0.4) is 0 Å². The van der Waals surface area contributed by atoms with E-state index < -0.39 is 5.91 Å². The summed E-state index contributed by atoms with van der Waals surface area (Å²) in [6.45, 7) is 1.41. The molecule has 1 heterocycles. The van der Waals surface area contributed by atoms with E-state index in [1.165, 1.54) is 11.1 Å². The lowest BCUT2D eigenvalue weighted by molar-refractivity contribution is 0.100. The Balaban J connectivity index is 2.01. The maximum atomic E-state index is 11.6. The van der Waals surface area contributed by atoms with E-state index in [4.69, 9.17) is 23.1 Å². The normalized spacial score (nSPS) is 13.3. The van der Waals surface area contributed by atoms with Crippen molar-refractivity contribution >= 4 is 28.9 Å². The molecule has 0 spiro atoms. The van der Waals surface area contributed by atoms with Crippen LogP contribution < -0.4 is 16.4 Å². The molecule has 0 saturated heterocycles. The van der Waals surface area contributed by atoms with E-state index in [2.05, 4.69) is 4.90 Å². The molecular weight excluding hydrogens is 274 g/mol. The summed E-state index contributed by atoms with van der Waals surface area (Å²) >= 11 is 6.09. The fourth-order valence-corrected chi connectivity index (χ4v) is 2.87. The molecule has 4 N–H and O–H groups in total. The number of fused-ring (bicyclic) bond motifs is 1. The summed E-state index contributed by atoms with van der Waals surface area (Å²) in [5, 5.41) is 0.380. The van der Waals surface area contributed by atoms with E-state index in [0.29, 0.717) is 17.1 Å². The Hall–Kier alpha value is -2.20. The molecule has 5 heteroatoms. The minimum Gasteiger partial charge on any atom is -0.399 e. The molecule has 2 aromatic carbocycles. The van der Waals surface area contributed by atoms with Crippen LogP contribution in [0.2, 0.25) is 5.02 Å². The molecule has 0 bridgehead atoms. The Labute approximate surface area is 121 Å². The van der Waals surface area contributed by atoms with E-state index in [-0.39, 0.29) is 0 Å². The molecule has 0 aliphatic carbocycles. The first-order valence-corrected chi connectivity index (χ1v) is 6.64. The Morgan fingerprint density at radius 3 is 2.65 bits per heavy atom. The number of rotatable bonds is 2. The molecule has 0 saturated carbocycles. The highest BCUT2D eigenvalue weighted by molar-refractivity contribution is 6.34. The Morgan fingerprint density at radius 1 is 1.15 bits per heavy atom. The monoisotopic (exact) mass is 287 g/mol. The van der Waals surface area contributed by atoms with Crippen LogP contribution in [0.5, 0.6) is 0 Å². The molecule has 0 fully saturated rings. The first-order chi connectivity index (χ1) is 9.56. The van der Waals surface area contributed by atoms with Gasteiger partial charge in [-0.2, -0.15) is 0 Å². The van der Waals surface area contributed by atoms with Gasteiger partial charge in [-0.1, -0.05) is 23.7 Å². The fraction of sp³-hybridized carbons (Fsp3) is 0.133. The summed E-state index contributed by atoms with van der Waals surface area (Å²) in [4.78, 5) is 13.7. The molecule has 0 radical (unpaired) electrons. The van der Waals surface area contributed by atoms with E-state index >= 15 is 0 Å². The lowest BCUT2D eigenvalue weighted by Crippen LogP contribution is -2.21. The molecular formula is C15H14ClN3O. The van der Waals surface area contributed by atoms with Gasteiger partial charge in [0.05, 0.1) is 16.3 Å². The van der Waals surface area contributed by atoms with Crippen molar-refractivity contribution in [2.75, 3.05) is 10.6 Å². The van der Waals surface area contributed by atoms with Crippen molar-refractivity contribution < 1.29 is 4.79 Å². The Morgan fingerprint density at radius 2 is 1.90 bits per heavy atom. The molecule has 2 aromatic rings. The number of carbonyl (C=O) groups is 1. The zero-order valence-electron chi connectivity index (χ0n) is 10.8. The number of hydrogen-bond donors (Lipinski definition) is 2. The van der Waals surface area contributed by atoms with Gasteiger partial charge in [0.25, 0.3) is 5.91 Å². The van der Waals surface area contributed by atoms with Crippen LogP contribution >= 0.6 is 11.6 Å². The van der Waals surface area contributed by atoms with Gasteiger partial charge in [-0.05, 0) is 35.4 Å². The summed E-state index contributed by atoms with van der Waals surface area (Å²) < 4.78 is 0. The highest BCUT2D eigenvalue weighted by atomic mass is 35.5. The average Bonchev–Trinajstić information content (AvgIpc) is 2.80. The third kappa shape index (κ3) is 2.08. The largest absolute Gasteiger partial charge is 0.399 e. The summed E-state index contributed by atoms with van der Waals surface area (Å²) in [7, 11) is 0. The third-order valence-corrected chi connectivity index (χ3v) is 3.85. The second kappa shape index (κ2) is 4.72. The minimum absolute atomic E-state index is 0.370. The van der Waals surface area contributed by atoms with Gasteiger partial charge >= 0.3 is 0 Å². The number of hydrogen-bond acceptors (Lipinski definition) is 3. The number of halogens is 1. The molecule has 1 aliphatic rings. The third-order valence-electron chi connectivity index (χ3n) is 3.53. The van der Waals surface area contributed by atoms with Gasteiger partial charge in [0.1, 0.15) is 0 Å². The van der Waals surface area contributed by atoms with Crippen molar-refractivity contribution in [2.24, 2.45) is 5.73 Å². The molecule has 3 rings (SSSR count). The van der Waals surface area contributed by atoms with Crippen molar-refractivity contribution in [1.82, 2.24) is 0 Å². The molecule has 20 heavy (non-hydrogen) atoms. The van der Waals surface area contributed by atoms with E-state index in [1.54, 1.807) is 6.07 Å². The summed E-state index contributed by atoms with van der Waals surface area (Å²) in [6.07, 6.45) is 0. The predicted octanol–water partition coefficient (Wildman–Crippen LogP) is 2.54. The minimum atomic E-state index is -0.513. The summed E-state index contributed by atoms with van der Waals surface area (Å²) in [5.74, 6) is -0.513. The first-order valence-electron chi connectivity index (χ1n) is 6.27. The zero-order valence-corrected chi connectivity index (χ0v) is 11.5. The van der Waals surface area contributed by atoms with Crippen LogP contribution in [0, 0.1) is 0 Å². The molecule has 1 aliphatic heterocycles. The number of nitrogens with zero attached hydrogens (tertiary/aromatic N) is 1. The number of primary amides is 1. The number of nitrogens with two attached hydrogens (primary N) is 2.